The Balaban J connectivity index is 1.07. The van der Waals surface area contributed by atoms with E-state index in [2.05, 4.69) is 58.7 Å². The molecule has 3 aliphatic heterocycles. The van der Waals surface area contributed by atoms with Crippen molar-refractivity contribution in [2.45, 2.75) is 95.7 Å². The van der Waals surface area contributed by atoms with Crippen LogP contribution in [0.2, 0.25) is 0 Å². The monoisotopic (exact) mass is 523 g/mol. The smallest absolute Gasteiger partial charge is 0.171 e. The van der Waals surface area contributed by atoms with Gasteiger partial charge in [0.2, 0.25) is 0 Å². The van der Waals surface area contributed by atoms with Crippen LogP contribution in [0.15, 0.2) is 54.6 Å². The number of para-hydroxylation sites is 1. The molecule has 0 aromatic heterocycles. The summed E-state index contributed by atoms with van der Waals surface area (Å²) in [6, 6.07) is 18.1. The van der Waals surface area contributed by atoms with E-state index in [1.54, 1.807) is 0 Å². The first-order valence-corrected chi connectivity index (χ1v) is 13.8. The molecule has 3 unspecified atom stereocenters. The Kier molecular flexibility index (Phi) is 6.32. The summed E-state index contributed by atoms with van der Waals surface area (Å²) < 4.78 is 30.4. The molecule has 6 rings (SSSR count). The lowest BCUT2D eigenvalue weighted by atomic mass is 9.77. The van der Waals surface area contributed by atoms with Crippen molar-refractivity contribution in [3.8, 4) is 11.5 Å². The molecule has 7 nitrogen and oxygen atoms in total. The van der Waals surface area contributed by atoms with Gasteiger partial charge in [0.05, 0.1) is 19.8 Å². The predicted molar refractivity (Wildman–Crippen MR) is 143 cm³/mol. The molecule has 0 radical (unpaired) electrons. The molecule has 3 atom stereocenters. The normalized spacial score (nSPS) is 30.7. The van der Waals surface area contributed by atoms with Crippen LogP contribution < -0.4 is 9.47 Å². The number of benzene rings is 2. The van der Waals surface area contributed by atoms with Gasteiger partial charge in [0, 0.05) is 29.3 Å². The van der Waals surface area contributed by atoms with Crippen LogP contribution in [0.5, 0.6) is 11.5 Å². The summed E-state index contributed by atoms with van der Waals surface area (Å²) in [6.45, 7) is 14.8. The fourth-order valence-corrected chi connectivity index (χ4v) is 6.15. The molecule has 38 heavy (non-hydrogen) atoms. The lowest BCUT2D eigenvalue weighted by molar-refractivity contribution is -0.389. The number of rotatable bonds is 8. The van der Waals surface area contributed by atoms with Crippen LogP contribution in [-0.4, -0.2) is 60.1 Å². The van der Waals surface area contributed by atoms with Crippen LogP contribution in [0.3, 0.4) is 0 Å². The minimum Gasteiger partial charge on any atom is -0.493 e. The zero-order valence-electron chi connectivity index (χ0n) is 23.4. The van der Waals surface area contributed by atoms with Crippen molar-refractivity contribution in [2.75, 3.05) is 19.8 Å². The summed E-state index contributed by atoms with van der Waals surface area (Å²) in [6.07, 6.45) is 2.22. The Morgan fingerprint density at radius 3 is 2.00 bits per heavy atom. The summed E-state index contributed by atoms with van der Waals surface area (Å²) in [7, 11) is 0. The van der Waals surface area contributed by atoms with Crippen LogP contribution in [0.4, 0.5) is 0 Å². The van der Waals surface area contributed by atoms with Crippen molar-refractivity contribution in [1.29, 1.82) is 0 Å². The molecule has 3 heterocycles. The summed E-state index contributed by atoms with van der Waals surface area (Å²) in [4.78, 5) is 6.67. The molecule has 4 fully saturated rings. The molecule has 7 heteroatoms. The third-order valence-corrected chi connectivity index (χ3v) is 8.15. The predicted octanol–water partition coefficient (Wildman–Crippen LogP) is 5.69. The van der Waals surface area contributed by atoms with Crippen molar-refractivity contribution in [3.05, 3.63) is 60.2 Å². The SMILES string of the molecule is CC(ON1C(C)(C)CC2(CC1(C)C)OCC(C)(COc1ccccc1)CO2)c1ccc(OC2C3OC23)cc1. The first-order chi connectivity index (χ1) is 18.0. The lowest BCUT2D eigenvalue weighted by Gasteiger charge is -2.59. The number of hydrogen-bond donors (Lipinski definition) is 0. The van der Waals surface area contributed by atoms with Crippen LogP contribution in [0.1, 0.15) is 66.1 Å². The highest BCUT2D eigenvalue weighted by Gasteiger charge is 2.70. The third kappa shape index (κ3) is 5.19. The Hall–Kier alpha value is -2.16. The number of hydroxylamine groups is 2. The molecule has 1 saturated carbocycles. The second kappa shape index (κ2) is 9.20. The zero-order valence-corrected chi connectivity index (χ0v) is 23.4. The lowest BCUT2D eigenvalue weighted by Crippen LogP contribution is -2.68. The highest BCUT2D eigenvalue weighted by atomic mass is 16.7. The van der Waals surface area contributed by atoms with Crippen molar-refractivity contribution in [3.63, 3.8) is 0 Å². The van der Waals surface area contributed by atoms with Gasteiger partial charge in [-0.2, -0.15) is 5.06 Å². The fourth-order valence-electron chi connectivity index (χ4n) is 6.15. The number of fused-ring (bicyclic) bond motifs is 1. The van der Waals surface area contributed by atoms with E-state index in [1.165, 1.54) is 0 Å². The standard InChI is InChI=1S/C31H41NO6/c1-21(22-12-14-24(15-13-22)36-25-26-27(25)37-26)38-32-28(2,3)16-31(17-29(32,4)5)34-19-30(6,20-35-31)18-33-23-10-8-7-9-11-23/h7-15,21,25-27H,16-20H2,1-6H3. The first-order valence-electron chi connectivity index (χ1n) is 13.8. The molecule has 0 amide bonds. The van der Waals surface area contributed by atoms with Crippen molar-refractivity contribution in [2.24, 2.45) is 5.41 Å². The highest BCUT2D eigenvalue weighted by Crippen LogP contribution is 2.50. The Morgan fingerprint density at radius 1 is 0.842 bits per heavy atom. The van der Waals surface area contributed by atoms with Crippen LogP contribution >= 0.6 is 0 Å². The number of nitrogens with zero attached hydrogens (tertiary/aromatic N) is 1. The molecule has 3 saturated heterocycles. The molecule has 0 N–H and O–H groups in total. The van der Waals surface area contributed by atoms with Gasteiger partial charge in [0.15, 0.2) is 11.9 Å². The van der Waals surface area contributed by atoms with Crippen LogP contribution in [0, 0.1) is 5.41 Å². The molecule has 2 aromatic rings. The van der Waals surface area contributed by atoms with E-state index in [4.69, 9.17) is 28.5 Å². The Morgan fingerprint density at radius 2 is 1.45 bits per heavy atom. The van der Waals surface area contributed by atoms with Crippen molar-refractivity contribution >= 4 is 0 Å². The molecular weight excluding hydrogens is 482 g/mol. The van der Waals surface area contributed by atoms with Gasteiger partial charge >= 0.3 is 0 Å². The highest BCUT2D eigenvalue weighted by molar-refractivity contribution is 5.31. The summed E-state index contributed by atoms with van der Waals surface area (Å²) >= 11 is 0. The molecule has 2 aromatic carbocycles. The van der Waals surface area contributed by atoms with Crippen molar-refractivity contribution < 1.29 is 28.5 Å². The molecule has 1 aliphatic carbocycles. The van der Waals surface area contributed by atoms with Gasteiger partial charge in [0.1, 0.15) is 29.8 Å². The molecule has 0 bridgehead atoms. The maximum atomic E-state index is 6.67. The fraction of sp³-hybridized carbons (Fsp3) is 0.613. The molecule has 1 spiro atoms. The van der Waals surface area contributed by atoms with Gasteiger partial charge in [-0.3, -0.25) is 4.84 Å². The third-order valence-electron chi connectivity index (χ3n) is 8.15. The number of ether oxygens (including phenoxy) is 5. The summed E-state index contributed by atoms with van der Waals surface area (Å²) in [5.41, 5.74) is 0.293. The van der Waals surface area contributed by atoms with Gasteiger partial charge in [-0.05, 0) is 64.4 Å². The largest absolute Gasteiger partial charge is 0.493 e. The summed E-state index contributed by atoms with van der Waals surface area (Å²) in [5.74, 6) is 1.11. The second-order valence-corrected chi connectivity index (χ2v) is 13.1. The Labute approximate surface area is 226 Å². The second-order valence-electron chi connectivity index (χ2n) is 13.1. The molecular formula is C31H41NO6. The van der Waals surface area contributed by atoms with Crippen LogP contribution in [0.25, 0.3) is 0 Å². The number of epoxide rings is 1. The first kappa shape index (κ1) is 26.1. The number of piperidine rings is 1. The molecule has 4 aliphatic rings. The topological polar surface area (TPSA) is 61.9 Å². The van der Waals surface area contributed by atoms with E-state index >= 15 is 0 Å². The van der Waals surface area contributed by atoms with E-state index in [0.717, 1.165) is 17.1 Å². The van der Waals surface area contributed by atoms with Gasteiger partial charge in [-0.15, -0.1) is 0 Å². The van der Waals surface area contributed by atoms with Gasteiger partial charge in [-0.1, -0.05) is 37.3 Å². The summed E-state index contributed by atoms with van der Waals surface area (Å²) in [5, 5.41) is 2.16. The number of hydrogen-bond acceptors (Lipinski definition) is 7. The minimum atomic E-state index is -0.644. The average molecular weight is 524 g/mol. The quantitative estimate of drug-likeness (QED) is 0.412. The van der Waals surface area contributed by atoms with E-state index in [9.17, 15) is 0 Å². The van der Waals surface area contributed by atoms with E-state index in [-0.39, 0.29) is 28.7 Å². The minimum absolute atomic E-state index is 0.110. The Bertz CT molecular complexity index is 1100. The average Bonchev–Trinajstić information content (AvgIpc) is 3.80. The zero-order chi connectivity index (χ0) is 26.8. The van der Waals surface area contributed by atoms with E-state index < -0.39 is 5.79 Å². The maximum Gasteiger partial charge on any atom is 0.171 e. The van der Waals surface area contributed by atoms with E-state index in [1.807, 2.05) is 42.5 Å². The van der Waals surface area contributed by atoms with E-state index in [0.29, 0.717) is 44.9 Å². The molecule has 206 valence electrons. The van der Waals surface area contributed by atoms with Crippen LogP contribution in [-0.2, 0) is 19.0 Å². The van der Waals surface area contributed by atoms with Gasteiger partial charge in [-0.25, -0.2) is 0 Å². The maximum absolute atomic E-state index is 6.67. The van der Waals surface area contributed by atoms with Crippen molar-refractivity contribution in [1.82, 2.24) is 5.06 Å². The van der Waals surface area contributed by atoms with Gasteiger partial charge in [0.25, 0.3) is 0 Å². The van der Waals surface area contributed by atoms with Gasteiger partial charge < -0.3 is 23.7 Å².